The fraction of sp³-hybridized carbons (Fsp3) is 0. The van der Waals surface area contributed by atoms with Gasteiger partial charge in [0.15, 0.2) is 0 Å². The van der Waals surface area contributed by atoms with E-state index in [0.29, 0.717) is 15.7 Å². The highest BCUT2D eigenvalue weighted by Crippen LogP contribution is 2.26. The summed E-state index contributed by atoms with van der Waals surface area (Å²) in [5.41, 5.74) is 1.40. The molecule has 110 valence electrons. The molecule has 0 saturated carbocycles. The van der Waals surface area contributed by atoms with Crippen molar-refractivity contribution in [2.45, 2.75) is 0 Å². The largest absolute Gasteiger partial charge is 0.321 e. The van der Waals surface area contributed by atoms with Gasteiger partial charge < -0.3 is 5.32 Å². The molecule has 0 spiro atoms. The summed E-state index contributed by atoms with van der Waals surface area (Å²) < 4.78 is 1.08. The van der Waals surface area contributed by atoms with Crippen LogP contribution >= 0.6 is 34.5 Å². The van der Waals surface area contributed by atoms with E-state index in [4.69, 9.17) is 23.2 Å². The number of thiazole rings is 1. The van der Waals surface area contributed by atoms with E-state index in [9.17, 15) is 4.79 Å². The summed E-state index contributed by atoms with van der Waals surface area (Å²) in [7, 11) is 0. The molecule has 0 bridgehead atoms. The molecule has 0 aliphatic rings. The highest BCUT2D eigenvalue weighted by Gasteiger charge is 2.05. The van der Waals surface area contributed by atoms with Gasteiger partial charge in [0.05, 0.1) is 20.9 Å². The van der Waals surface area contributed by atoms with Crippen molar-refractivity contribution in [3.63, 3.8) is 0 Å². The Labute approximate surface area is 141 Å². The van der Waals surface area contributed by atoms with Crippen LogP contribution in [-0.2, 0) is 4.79 Å². The first-order valence-electron chi connectivity index (χ1n) is 6.41. The molecule has 0 aliphatic heterocycles. The van der Waals surface area contributed by atoms with Gasteiger partial charge in [0, 0.05) is 11.1 Å². The Kier molecular flexibility index (Phi) is 4.43. The van der Waals surface area contributed by atoms with Gasteiger partial charge in [0.25, 0.3) is 0 Å². The minimum Gasteiger partial charge on any atom is -0.321 e. The summed E-state index contributed by atoms with van der Waals surface area (Å²) in [5.74, 6) is -0.288. The predicted octanol–water partition coefficient (Wildman–Crippen LogP) is 5.26. The number of aromatic nitrogens is 1. The molecule has 6 heteroatoms. The molecule has 3 aromatic rings. The molecule has 3 rings (SSSR count). The van der Waals surface area contributed by atoms with Crippen LogP contribution in [0.4, 0.5) is 5.69 Å². The zero-order valence-corrected chi connectivity index (χ0v) is 13.5. The van der Waals surface area contributed by atoms with Crippen molar-refractivity contribution >= 4 is 62.4 Å². The highest BCUT2D eigenvalue weighted by molar-refractivity contribution is 7.19. The van der Waals surface area contributed by atoms with Crippen LogP contribution < -0.4 is 5.32 Å². The SMILES string of the molecule is O=C(C=Cc1nc2ccccc2s1)Nc1cc(Cl)ccc1Cl. The maximum absolute atomic E-state index is 11.9. The lowest BCUT2D eigenvalue weighted by Gasteiger charge is -2.04. The third kappa shape index (κ3) is 3.47. The molecule has 1 amide bonds. The Hall–Kier alpha value is -1.88. The van der Waals surface area contributed by atoms with Gasteiger partial charge in [-0.15, -0.1) is 11.3 Å². The average Bonchev–Trinajstić information content (AvgIpc) is 2.92. The minimum absolute atomic E-state index is 0.288. The van der Waals surface area contributed by atoms with Gasteiger partial charge in [0.1, 0.15) is 5.01 Å². The number of carbonyl (C=O) groups excluding carboxylic acids is 1. The molecule has 3 nitrogen and oxygen atoms in total. The molecular formula is C16H10Cl2N2OS. The second-order valence-corrected chi connectivity index (χ2v) is 6.37. The molecule has 1 N–H and O–H groups in total. The number of nitrogens with one attached hydrogen (secondary N) is 1. The second-order valence-electron chi connectivity index (χ2n) is 4.47. The lowest BCUT2D eigenvalue weighted by Crippen LogP contribution is -2.08. The molecule has 2 aromatic carbocycles. The van der Waals surface area contributed by atoms with Gasteiger partial charge >= 0.3 is 0 Å². The zero-order chi connectivity index (χ0) is 15.5. The van der Waals surface area contributed by atoms with E-state index < -0.39 is 0 Å². The second kappa shape index (κ2) is 6.48. The number of hydrogen-bond donors (Lipinski definition) is 1. The van der Waals surface area contributed by atoms with Crippen LogP contribution in [-0.4, -0.2) is 10.9 Å². The van der Waals surface area contributed by atoms with Gasteiger partial charge in [-0.25, -0.2) is 4.98 Å². The third-order valence-corrected chi connectivity index (χ3v) is 4.44. The Bertz CT molecular complexity index is 840. The van der Waals surface area contributed by atoms with E-state index in [1.807, 2.05) is 24.3 Å². The quantitative estimate of drug-likeness (QED) is 0.656. The molecule has 0 aliphatic carbocycles. The van der Waals surface area contributed by atoms with Crippen molar-refractivity contribution in [1.29, 1.82) is 0 Å². The number of para-hydroxylation sites is 1. The summed E-state index contributed by atoms with van der Waals surface area (Å²) in [6, 6.07) is 12.7. The molecule has 0 fully saturated rings. The lowest BCUT2D eigenvalue weighted by atomic mass is 10.3. The van der Waals surface area contributed by atoms with Crippen LogP contribution in [0.5, 0.6) is 0 Å². The first kappa shape index (κ1) is 15.0. The Morgan fingerprint density at radius 3 is 2.82 bits per heavy atom. The number of carbonyl (C=O) groups is 1. The number of amides is 1. The van der Waals surface area contributed by atoms with Crippen LogP contribution in [0.1, 0.15) is 5.01 Å². The van der Waals surface area contributed by atoms with Crippen molar-refractivity contribution in [2.75, 3.05) is 5.32 Å². The van der Waals surface area contributed by atoms with Crippen molar-refractivity contribution in [3.05, 3.63) is 63.6 Å². The fourth-order valence-corrected chi connectivity index (χ4v) is 3.08. The number of rotatable bonds is 3. The van der Waals surface area contributed by atoms with Crippen LogP contribution in [0.3, 0.4) is 0 Å². The van der Waals surface area contributed by atoms with Crippen molar-refractivity contribution < 1.29 is 4.79 Å². The lowest BCUT2D eigenvalue weighted by molar-refractivity contribution is -0.111. The van der Waals surface area contributed by atoms with Gasteiger partial charge in [-0.1, -0.05) is 35.3 Å². The number of anilines is 1. The molecule has 0 unspecified atom stereocenters. The normalized spacial score (nSPS) is 11.2. The fourth-order valence-electron chi connectivity index (χ4n) is 1.88. The van der Waals surface area contributed by atoms with Gasteiger partial charge in [-0.3, -0.25) is 4.79 Å². The molecule has 22 heavy (non-hydrogen) atoms. The molecule has 0 saturated heterocycles. The van der Waals surface area contributed by atoms with E-state index in [1.165, 1.54) is 17.4 Å². The molecule has 1 aromatic heterocycles. The molecule has 1 heterocycles. The first-order chi connectivity index (χ1) is 10.6. The number of benzene rings is 2. The molecular weight excluding hydrogens is 339 g/mol. The van der Waals surface area contributed by atoms with Crippen LogP contribution in [0.15, 0.2) is 48.5 Å². The number of fused-ring (bicyclic) bond motifs is 1. The minimum atomic E-state index is -0.288. The number of halogens is 2. The first-order valence-corrected chi connectivity index (χ1v) is 7.99. The van der Waals surface area contributed by atoms with Gasteiger partial charge in [-0.2, -0.15) is 0 Å². The Morgan fingerprint density at radius 2 is 2.00 bits per heavy atom. The van der Waals surface area contributed by atoms with Crippen LogP contribution in [0, 0.1) is 0 Å². The highest BCUT2D eigenvalue weighted by atomic mass is 35.5. The topological polar surface area (TPSA) is 42.0 Å². The number of hydrogen-bond acceptors (Lipinski definition) is 3. The van der Waals surface area contributed by atoms with E-state index >= 15 is 0 Å². The van der Waals surface area contributed by atoms with Crippen molar-refractivity contribution in [2.24, 2.45) is 0 Å². The van der Waals surface area contributed by atoms with Gasteiger partial charge in [-0.05, 0) is 36.4 Å². The van der Waals surface area contributed by atoms with E-state index in [1.54, 1.807) is 24.3 Å². The molecule has 0 atom stereocenters. The number of nitrogens with zero attached hydrogens (tertiary/aromatic N) is 1. The zero-order valence-electron chi connectivity index (χ0n) is 11.2. The average molecular weight is 349 g/mol. The maximum Gasteiger partial charge on any atom is 0.248 e. The summed E-state index contributed by atoms with van der Waals surface area (Å²) >= 11 is 13.4. The van der Waals surface area contributed by atoms with E-state index in [-0.39, 0.29) is 5.91 Å². The molecule has 0 radical (unpaired) electrons. The summed E-state index contributed by atoms with van der Waals surface area (Å²) in [6.07, 6.45) is 3.10. The Balaban J connectivity index is 1.74. The van der Waals surface area contributed by atoms with Crippen molar-refractivity contribution in [3.8, 4) is 0 Å². The standard InChI is InChI=1S/C16H10Cl2N2OS/c17-10-5-6-11(18)13(9-10)19-15(21)7-8-16-20-12-3-1-2-4-14(12)22-16/h1-9H,(H,19,21). The summed E-state index contributed by atoms with van der Waals surface area (Å²) in [5, 5.41) is 4.41. The maximum atomic E-state index is 11.9. The van der Waals surface area contributed by atoms with E-state index in [0.717, 1.165) is 15.2 Å². The van der Waals surface area contributed by atoms with Crippen molar-refractivity contribution in [1.82, 2.24) is 4.98 Å². The Morgan fingerprint density at radius 1 is 1.18 bits per heavy atom. The summed E-state index contributed by atoms with van der Waals surface area (Å²) in [6.45, 7) is 0. The summed E-state index contributed by atoms with van der Waals surface area (Å²) in [4.78, 5) is 16.4. The van der Waals surface area contributed by atoms with Gasteiger partial charge in [0.2, 0.25) is 5.91 Å². The monoisotopic (exact) mass is 348 g/mol. The van der Waals surface area contributed by atoms with Crippen LogP contribution in [0.25, 0.3) is 16.3 Å². The smallest absolute Gasteiger partial charge is 0.248 e. The predicted molar refractivity (Wildman–Crippen MR) is 93.7 cm³/mol. The van der Waals surface area contributed by atoms with E-state index in [2.05, 4.69) is 10.3 Å². The van der Waals surface area contributed by atoms with Crippen LogP contribution in [0.2, 0.25) is 10.0 Å². The third-order valence-electron chi connectivity index (χ3n) is 2.87.